The van der Waals surface area contributed by atoms with E-state index in [0.717, 1.165) is 24.1 Å². The van der Waals surface area contributed by atoms with Crippen LogP contribution in [0.2, 0.25) is 5.02 Å². The van der Waals surface area contributed by atoms with Crippen LogP contribution in [-0.4, -0.2) is 10.9 Å². The first-order valence-electron chi connectivity index (χ1n) is 11.6. The molecule has 0 radical (unpaired) electrons. The first-order valence-corrected chi connectivity index (χ1v) is 12.8. The monoisotopic (exact) mass is 472 g/mol. The molecule has 4 aliphatic rings. The fourth-order valence-corrected chi connectivity index (χ4v) is 7.40. The van der Waals surface area contributed by atoms with Gasteiger partial charge in [0.25, 0.3) is 0 Å². The van der Waals surface area contributed by atoms with E-state index in [0.29, 0.717) is 27.9 Å². The summed E-state index contributed by atoms with van der Waals surface area (Å²) in [6.45, 7) is 2.16. The van der Waals surface area contributed by atoms with Gasteiger partial charge in [-0.1, -0.05) is 85.3 Å². The second kappa shape index (κ2) is 7.96. The van der Waals surface area contributed by atoms with Gasteiger partial charge in [0.1, 0.15) is 0 Å². The number of allylic oxidation sites excluding steroid dienone is 4. The van der Waals surface area contributed by atoms with Gasteiger partial charge >= 0.3 is 0 Å². The van der Waals surface area contributed by atoms with Crippen LogP contribution >= 0.6 is 22.9 Å². The van der Waals surface area contributed by atoms with E-state index < -0.39 is 5.41 Å². The Balaban J connectivity index is 1.36. The molecule has 1 N–H and O–H groups in total. The quantitative estimate of drug-likeness (QED) is 0.428. The average Bonchev–Trinajstić information content (AvgIpc) is 3.32. The summed E-state index contributed by atoms with van der Waals surface area (Å²) in [4.78, 5) is 18.7. The molecular weight excluding hydrogens is 448 g/mol. The minimum atomic E-state index is -0.452. The molecule has 166 valence electrons. The summed E-state index contributed by atoms with van der Waals surface area (Å²) in [7, 11) is 0. The molecule has 1 aromatic heterocycles. The second-order valence-electron chi connectivity index (χ2n) is 9.32. The van der Waals surface area contributed by atoms with Gasteiger partial charge < -0.3 is 5.32 Å². The largest absolute Gasteiger partial charge is 0.301 e. The summed E-state index contributed by atoms with van der Waals surface area (Å²) in [5.74, 6) is 1.44. The van der Waals surface area contributed by atoms with Crippen molar-refractivity contribution in [3.05, 3.63) is 94.4 Å². The number of amides is 1. The van der Waals surface area contributed by atoms with Gasteiger partial charge in [0, 0.05) is 21.9 Å². The third-order valence-electron chi connectivity index (χ3n) is 7.94. The molecule has 1 fully saturated rings. The molecule has 5 unspecified atom stereocenters. The van der Waals surface area contributed by atoms with Crippen LogP contribution in [0.1, 0.15) is 42.7 Å². The van der Waals surface area contributed by atoms with Crippen LogP contribution in [0.4, 0.5) is 5.13 Å². The van der Waals surface area contributed by atoms with Crippen molar-refractivity contribution >= 4 is 34.0 Å². The Labute approximate surface area is 203 Å². The SMILES string of the molecule is CCC1(C(=O)Nc2nc(-c3ccccc3Cl)cs2)CC2c3ccccc3C1C1C=CC=CC21. The molecule has 3 aromatic rings. The van der Waals surface area contributed by atoms with Crippen LogP contribution in [0.25, 0.3) is 11.3 Å². The number of nitrogens with one attached hydrogen (secondary N) is 1. The lowest BCUT2D eigenvalue weighted by molar-refractivity contribution is -0.132. The van der Waals surface area contributed by atoms with Gasteiger partial charge in [-0.2, -0.15) is 0 Å². The molecule has 2 bridgehead atoms. The van der Waals surface area contributed by atoms with Crippen molar-refractivity contribution in [1.29, 1.82) is 0 Å². The van der Waals surface area contributed by atoms with E-state index in [9.17, 15) is 4.79 Å². The maximum Gasteiger partial charge on any atom is 0.233 e. The lowest BCUT2D eigenvalue weighted by Gasteiger charge is -2.58. The molecule has 5 heteroatoms. The molecule has 2 aromatic carbocycles. The lowest BCUT2D eigenvalue weighted by Crippen LogP contribution is -2.54. The predicted octanol–water partition coefficient (Wildman–Crippen LogP) is 7.44. The number of hydrogen-bond acceptors (Lipinski definition) is 3. The van der Waals surface area contributed by atoms with Gasteiger partial charge in [-0.25, -0.2) is 4.98 Å². The number of rotatable bonds is 4. The van der Waals surface area contributed by atoms with Crippen molar-refractivity contribution in [3.8, 4) is 11.3 Å². The van der Waals surface area contributed by atoms with Crippen LogP contribution in [0, 0.1) is 17.3 Å². The van der Waals surface area contributed by atoms with E-state index in [1.807, 2.05) is 29.6 Å². The van der Waals surface area contributed by atoms with Crippen molar-refractivity contribution in [2.45, 2.75) is 31.6 Å². The topological polar surface area (TPSA) is 42.0 Å². The summed E-state index contributed by atoms with van der Waals surface area (Å²) < 4.78 is 0. The molecule has 0 spiro atoms. The smallest absolute Gasteiger partial charge is 0.233 e. The molecule has 0 saturated heterocycles. The van der Waals surface area contributed by atoms with Crippen molar-refractivity contribution in [2.75, 3.05) is 5.32 Å². The molecule has 7 rings (SSSR count). The third-order valence-corrected chi connectivity index (χ3v) is 9.03. The van der Waals surface area contributed by atoms with Crippen LogP contribution in [0.3, 0.4) is 0 Å². The summed E-state index contributed by atoms with van der Waals surface area (Å²) in [6.07, 6.45) is 10.7. The Hall–Kier alpha value is -2.69. The van der Waals surface area contributed by atoms with E-state index in [4.69, 9.17) is 16.6 Å². The van der Waals surface area contributed by atoms with E-state index >= 15 is 0 Å². The number of thiazole rings is 1. The van der Waals surface area contributed by atoms with E-state index in [1.165, 1.54) is 22.5 Å². The standard InChI is InChI=1S/C28H25ClN2OS/c1-2-28(26(32)31-27-30-24(16-33-27)21-13-7-8-14-23(21)29)15-22-17-9-3-5-11-19(17)25(28)20-12-6-4-10-18(20)22/h3-14,16-17,19,22,25H,2,15H2,1H3,(H,30,31,32). The maximum absolute atomic E-state index is 14.0. The molecule has 1 saturated carbocycles. The number of halogens is 1. The number of anilines is 1. The minimum Gasteiger partial charge on any atom is -0.301 e. The van der Waals surface area contributed by atoms with Crippen LogP contribution < -0.4 is 5.32 Å². The molecule has 3 nitrogen and oxygen atoms in total. The van der Waals surface area contributed by atoms with Gasteiger partial charge in [0.05, 0.1) is 11.1 Å². The number of benzene rings is 2. The molecule has 5 atom stereocenters. The Morgan fingerprint density at radius 3 is 2.61 bits per heavy atom. The lowest BCUT2D eigenvalue weighted by atomic mass is 9.45. The van der Waals surface area contributed by atoms with Gasteiger partial charge in [0.2, 0.25) is 5.91 Å². The molecule has 1 amide bonds. The Kier molecular flexibility index (Phi) is 5.04. The highest BCUT2D eigenvalue weighted by molar-refractivity contribution is 7.14. The normalized spacial score (nSPS) is 28.9. The van der Waals surface area contributed by atoms with Gasteiger partial charge in [-0.05, 0) is 47.8 Å². The Morgan fingerprint density at radius 1 is 1.09 bits per heavy atom. The zero-order valence-electron chi connectivity index (χ0n) is 18.4. The third kappa shape index (κ3) is 3.15. The predicted molar refractivity (Wildman–Crippen MR) is 136 cm³/mol. The van der Waals surface area contributed by atoms with Gasteiger partial charge in [0.15, 0.2) is 5.13 Å². The van der Waals surface area contributed by atoms with E-state index in [-0.39, 0.29) is 11.8 Å². The minimum absolute atomic E-state index is 0.0935. The van der Waals surface area contributed by atoms with E-state index in [1.54, 1.807) is 0 Å². The number of aromatic nitrogens is 1. The van der Waals surface area contributed by atoms with Crippen LogP contribution in [-0.2, 0) is 4.79 Å². The zero-order chi connectivity index (χ0) is 22.6. The van der Waals surface area contributed by atoms with Crippen molar-refractivity contribution in [3.63, 3.8) is 0 Å². The summed E-state index contributed by atoms with van der Waals surface area (Å²) in [5, 5.41) is 6.46. The summed E-state index contributed by atoms with van der Waals surface area (Å²) >= 11 is 7.82. The number of nitrogens with zero attached hydrogens (tertiary/aromatic N) is 1. The molecule has 0 aliphatic heterocycles. The van der Waals surface area contributed by atoms with Crippen molar-refractivity contribution in [2.24, 2.45) is 17.3 Å². The Bertz CT molecular complexity index is 1290. The maximum atomic E-state index is 14.0. The molecular formula is C28H25ClN2OS. The number of hydrogen-bond donors (Lipinski definition) is 1. The molecule has 1 heterocycles. The van der Waals surface area contributed by atoms with Crippen molar-refractivity contribution in [1.82, 2.24) is 4.98 Å². The summed E-state index contributed by atoms with van der Waals surface area (Å²) in [6, 6.07) is 16.4. The fraction of sp³-hybridized carbons (Fsp3) is 0.286. The van der Waals surface area contributed by atoms with Gasteiger partial charge in [-0.3, -0.25) is 4.79 Å². The zero-order valence-corrected chi connectivity index (χ0v) is 19.9. The fourth-order valence-electron chi connectivity index (χ4n) is 6.46. The highest BCUT2D eigenvalue weighted by Gasteiger charge is 2.59. The average molecular weight is 473 g/mol. The Morgan fingerprint density at radius 2 is 1.82 bits per heavy atom. The first-order chi connectivity index (χ1) is 16.1. The highest BCUT2D eigenvalue weighted by atomic mass is 35.5. The van der Waals surface area contributed by atoms with Crippen LogP contribution in [0.15, 0.2) is 78.2 Å². The number of carbonyl (C=O) groups excluding carboxylic acids is 1. The van der Waals surface area contributed by atoms with Gasteiger partial charge in [-0.15, -0.1) is 11.3 Å². The molecule has 4 aliphatic carbocycles. The van der Waals surface area contributed by atoms with Crippen molar-refractivity contribution < 1.29 is 4.79 Å². The summed E-state index contributed by atoms with van der Waals surface area (Å²) in [5.41, 5.74) is 4.00. The molecule has 33 heavy (non-hydrogen) atoms. The first kappa shape index (κ1) is 20.9. The number of carbonyl (C=O) groups is 1. The highest BCUT2D eigenvalue weighted by Crippen LogP contribution is 2.65. The number of fused-ring (bicyclic) bond motifs is 1. The van der Waals surface area contributed by atoms with E-state index in [2.05, 4.69) is 60.8 Å². The van der Waals surface area contributed by atoms with Crippen LogP contribution in [0.5, 0.6) is 0 Å². The second-order valence-corrected chi connectivity index (χ2v) is 10.6.